The zero-order chi connectivity index (χ0) is 7.70. The first-order chi connectivity index (χ1) is 4.18. The summed E-state index contributed by atoms with van der Waals surface area (Å²) in [6.07, 6.45) is 1.02. The van der Waals surface area contributed by atoms with Crippen molar-refractivity contribution in [2.45, 2.75) is 19.8 Å². The third-order valence-corrected chi connectivity index (χ3v) is 0.464. The van der Waals surface area contributed by atoms with Crippen molar-refractivity contribution in [3.05, 3.63) is 0 Å². The van der Waals surface area contributed by atoms with Crippen LogP contribution in [0.5, 0.6) is 0 Å². The summed E-state index contributed by atoms with van der Waals surface area (Å²) in [6.45, 7) is 1.59. The molecule has 0 saturated heterocycles. The maximum atomic E-state index is 9.60. The maximum absolute atomic E-state index is 9.60. The number of rotatable bonds is 2. The molecule has 0 amide bonds. The Bertz CT molecular complexity index is 86.6. The number of carboxylic acids is 1. The third-order valence-electron chi connectivity index (χ3n) is 0.464. The zero-order valence-electron chi connectivity index (χ0n) is 6.62. The molecule has 6 heteroatoms. The predicted molar refractivity (Wildman–Crippen MR) is 41.3 cm³/mol. The first-order valence-electron chi connectivity index (χ1n) is 2.48. The lowest BCUT2D eigenvalue weighted by molar-refractivity contribution is -0.137. The van der Waals surface area contributed by atoms with Crippen molar-refractivity contribution < 1.29 is 19.8 Å². The highest BCUT2D eigenvalue weighted by molar-refractivity contribution is 5.66. The van der Waals surface area contributed by atoms with Crippen LogP contribution in [0, 0.1) is 0 Å². The van der Waals surface area contributed by atoms with Gasteiger partial charge in [0.1, 0.15) is 0 Å². The van der Waals surface area contributed by atoms with Crippen molar-refractivity contribution in [3.8, 4) is 0 Å². The van der Waals surface area contributed by atoms with Crippen LogP contribution in [0.1, 0.15) is 19.8 Å². The van der Waals surface area contributed by atoms with E-state index in [2.05, 4.69) is 0 Å². The zero-order valence-corrected chi connectivity index (χ0v) is 6.62. The molecule has 0 aromatic carbocycles. The van der Waals surface area contributed by atoms with Gasteiger partial charge in [0.25, 0.3) is 6.47 Å². The van der Waals surface area contributed by atoms with Gasteiger partial charge in [0.15, 0.2) is 0 Å². The fourth-order valence-electron chi connectivity index (χ4n) is 0.214. The molecule has 0 aromatic heterocycles. The van der Waals surface area contributed by atoms with Crippen molar-refractivity contribution in [3.63, 3.8) is 0 Å². The standard InChI is InChI=1S/C4H8O2.CH2O2.2H3N/c1-2-3-4(5)6;2-1-3;;/h2-3H2,1H3,(H,5,6);1H,(H,2,3);2*1H3. The first-order valence-corrected chi connectivity index (χ1v) is 2.48. The highest BCUT2D eigenvalue weighted by atomic mass is 16.4. The van der Waals surface area contributed by atoms with Crippen molar-refractivity contribution in [1.29, 1.82) is 0 Å². The van der Waals surface area contributed by atoms with E-state index in [-0.39, 0.29) is 18.8 Å². The van der Waals surface area contributed by atoms with Crippen LogP contribution in [0.15, 0.2) is 0 Å². The molecule has 0 aromatic rings. The smallest absolute Gasteiger partial charge is 0.303 e. The maximum Gasteiger partial charge on any atom is 0.303 e. The minimum absolute atomic E-state index is 0. The Hall–Kier alpha value is -1.14. The van der Waals surface area contributed by atoms with Gasteiger partial charge in [-0.2, -0.15) is 0 Å². The van der Waals surface area contributed by atoms with E-state index in [0.29, 0.717) is 6.42 Å². The number of carbonyl (C=O) groups is 2. The molecule has 0 rings (SSSR count). The van der Waals surface area contributed by atoms with E-state index in [1.54, 1.807) is 0 Å². The van der Waals surface area contributed by atoms with Crippen molar-refractivity contribution >= 4 is 12.4 Å². The number of hydrogen-bond donors (Lipinski definition) is 4. The Morgan fingerprint density at radius 1 is 1.45 bits per heavy atom. The predicted octanol–water partition coefficient (Wildman–Crippen LogP) is 0.896. The highest BCUT2D eigenvalue weighted by Crippen LogP contribution is 1.82. The molecule has 70 valence electrons. The summed E-state index contributed by atoms with van der Waals surface area (Å²) in [7, 11) is 0. The van der Waals surface area contributed by atoms with Crippen molar-refractivity contribution in [1.82, 2.24) is 12.3 Å². The molecule has 0 aliphatic carbocycles. The van der Waals surface area contributed by atoms with E-state index in [1.807, 2.05) is 6.92 Å². The summed E-state index contributed by atoms with van der Waals surface area (Å²) in [6, 6.07) is 0. The van der Waals surface area contributed by atoms with Gasteiger partial charge in [0.05, 0.1) is 0 Å². The highest BCUT2D eigenvalue weighted by Gasteiger charge is 1.87. The molecule has 0 spiro atoms. The van der Waals surface area contributed by atoms with Gasteiger partial charge in [-0.15, -0.1) is 0 Å². The molecule has 0 bridgehead atoms. The van der Waals surface area contributed by atoms with Crippen LogP contribution < -0.4 is 12.3 Å². The molecule has 11 heavy (non-hydrogen) atoms. The van der Waals surface area contributed by atoms with Crippen LogP contribution in [-0.2, 0) is 9.59 Å². The lowest BCUT2D eigenvalue weighted by Gasteiger charge is -1.79. The summed E-state index contributed by atoms with van der Waals surface area (Å²) < 4.78 is 0. The minimum Gasteiger partial charge on any atom is -0.483 e. The molecular formula is C5H16N2O4. The van der Waals surface area contributed by atoms with Crippen molar-refractivity contribution in [2.24, 2.45) is 0 Å². The van der Waals surface area contributed by atoms with Gasteiger partial charge in [-0.3, -0.25) is 9.59 Å². The summed E-state index contributed by atoms with van der Waals surface area (Å²) >= 11 is 0. The van der Waals surface area contributed by atoms with E-state index in [9.17, 15) is 4.79 Å². The Labute approximate surface area is 65.4 Å². The normalized spacial score (nSPS) is 5.55. The summed E-state index contributed by atoms with van der Waals surface area (Å²) in [5, 5.41) is 14.8. The van der Waals surface area contributed by atoms with Crippen LogP contribution in [0.2, 0.25) is 0 Å². The lowest BCUT2D eigenvalue weighted by Crippen LogP contribution is -1.90. The van der Waals surface area contributed by atoms with E-state index in [1.165, 1.54) is 0 Å². The fourth-order valence-corrected chi connectivity index (χ4v) is 0.214. The number of hydrogen-bond acceptors (Lipinski definition) is 4. The molecule has 0 unspecified atom stereocenters. The molecule has 0 fully saturated rings. The average Bonchev–Trinajstić information content (AvgIpc) is 1.67. The second kappa shape index (κ2) is 23.2. The number of carboxylic acid groups (broad SMARTS) is 2. The Morgan fingerprint density at radius 2 is 1.73 bits per heavy atom. The Kier molecular flexibility index (Phi) is 47.5. The molecule has 0 aliphatic rings. The molecule has 8 N–H and O–H groups in total. The summed E-state index contributed by atoms with van der Waals surface area (Å²) in [5.74, 6) is -0.711. The minimum atomic E-state index is -0.711. The lowest BCUT2D eigenvalue weighted by atomic mass is 10.4. The third kappa shape index (κ3) is 121. The van der Waals surface area contributed by atoms with E-state index < -0.39 is 5.97 Å². The van der Waals surface area contributed by atoms with Crippen LogP contribution in [0.4, 0.5) is 0 Å². The average molecular weight is 168 g/mol. The molecule has 0 radical (unpaired) electrons. The van der Waals surface area contributed by atoms with Gasteiger partial charge in [0, 0.05) is 6.42 Å². The monoisotopic (exact) mass is 168 g/mol. The molecule has 0 atom stereocenters. The van der Waals surface area contributed by atoms with Crippen LogP contribution in [0.25, 0.3) is 0 Å². The molecule has 0 saturated carbocycles. The van der Waals surface area contributed by atoms with Gasteiger partial charge in [0.2, 0.25) is 0 Å². The Balaban J connectivity index is -0.0000000437. The van der Waals surface area contributed by atoms with Gasteiger partial charge in [-0.05, 0) is 6.42 Å². The van der Waals surface area contributed by atoms with E-state index in [4.69, 9.17) is 15.0 Å². The van der Waals surface area contributed by atoms with Crippen LogP contribution >= 0.6 is 0 Å². The second-order valence-corrected chi connectivity index (χ2v) is 1.25. The summed E-state index contributed by atoms with van der Waals surface area (Å²) in [5.41, 5.74) is 0. The Morgan fingerprint density at radius 3 is 1.73 bits per heavy atom. The van der Waals surface area contributed by atoms with Crippen LogP contribution in [-0.4, -0.2) is 22.7 Å². The van der Waals surface area contributed by atoms with Gasteiger partial charge >= 0.3 is 5.97 Å². The summed E-state index contributed by atoms with van der Waals surface area (Å²) in [4.78, 5) is 18.0. The molecule has 6 nitrogen and oxygen atoms in total. The second-order valence-electron chi connectivity index (χ2n) is 1.25. The largest absolute Gasteiger partial charge is 0.483 e. The van der Waals surface area contributed by atoms with Gasteiger partial charge in [-0.25, -0.2) is 0 Å². The topological polar surface area (TPSA) is 145 Å². The molecular weight excluding hydrogens is 152 g/mol. The van der Waals surface area contributed by atoms with E-state index in [0.717, 1.165) is 6.42 Å². The quantitative estimate of drug-likeness (QED) is 0.450. The van der Waals surface area contributed by atoms with Gasteiger partial charge in [-0.1, -0.05) is 6.92 Å². The van der Waals surface area contributed by atoms with Crippen molar-refractivity contribution in [2.75, 3.05) is 0 Å². The fraction of sp³-hybridized carbons (Fsp3) is 0.600. The van der Waals surface area contributed by atoms with E-state index >= 15 is 0 Å². The molecule has 0 heterocycles. The van der Waals surface area contributed by atoms with Crippen LogP contribution in [0.3, 0.4) is 0 Å². The number of aliphatic carboxylic acids is 1. The van der Waals surface area contributed by atoms with Gasteiger partial charge < -0.3 is 22.5 Å². The SMILES string of the molecule is CCCC(=O)O.N.N.O=CO. The molecule has 0 aliphatic heterocycles. The first kappa shape index (κ1) is 22.5.